The van der Waals surface area contributed by atoms with Crippen molar-refractivity contribution in [3.05, 3.63) is 35.5 Å². The summed E-state index contributed by atoms with van der Waals surface area (Å²) in [4.78, 5) is 22.5. The van der Waals surface area contributed by atoms with Crippen molar-refractivity contribution in [2.45, 2.75) is 32.8 Å². The molecule has 1 amide bonds. The first-order valence-electron chi connectivity index (χ1n) is 7.38. The molecule has 2 aromatic heterocycles. The predicted octanol–water partition coefficient (Wildman–Crippen LogP) is 1.50. The molecule has 1 atom stereocenters. The van der Waals surface area contributed by atoms with Crippen LogP contribution in [0.2, 0.25) is 0 Å². The van der Waals surface area contributed by atoms with Crippen molar-refractivity contribution in [1.82, 2.24) is 25.1 Å². The Hall–Kier alpha value is -2.44. The molecule has 0 aliphatic carbocycles. The second-order valence-electron chi connectivity index (χ2n) is 5.49. The zero-order valence-corrected chi connectivity index (χ0v) is 12.7. The van der Waals surface area contributed by atoms with Crippen LogP contribution in [0.15, 0.2) is 18.6 Å². The summed E-state index contributed by atoms with van der Waals surface area (Å²) < 4.78 is 5.85. The Bertz CT molecular complexity index is 636. The van der Waals surface area contributed by atoms with Gasteiger partial charge in [-0.15, -0.1) is 0 Å². The van der Waals surface area contributed by atoms with Crippen molar-refractivity contribution in [2.75, 3.05) is 13.1 Å². The van der Waals surface area contributed by atoms with E-state index in [0.717, 1.165) is 30.8 Å². The van der Waals surface area contributed by atoms with Gasteiger partial charge >= 0.3 is 0 Å². The quantitative estimate of drug-likeness (QED) is 0.928. The molecule has 0 spiro atoms. The van der Waals surface area contributed by atoms with Crippen molar-refractivity contribution in [1.29, 1.82) is 0 Å². The number of aryl methyl sites for hydroxylation is 2. The van der Waals surface area contributed by atoms with Crippen molar-refractivity contribution in [2.24, 2.45) is 0 Å². The van der Waals surface area contributed by atoms with Gasteiger partial charge in [-0.05, 0) is 26.7 Å². The summed E-state index contributed by atoms with van der Waals surface area (Å²) in [5, 5.41) is 6.96. The lowest BCUT2D eigenvalue weighted by atomic mass is 10.1. The van der Waals surface area contributed by atoms with Crippen LogP contribution in [0, 0.1) is 13.8 Å². The van der Waals surface area contributed by atoms with Crippen molar-refractivity contribution in [3.63, 3.8) is 0 Å². The number of ether oxygens (including phenoxy) is 1. The first-order valence-corrected chi connectivity index (χ1v) is 7.38. The number of nitrogens with one attached hydrogen (secondary N) is 1. The fourth-order valence-electron chi connectivity index (χ4n) is 2.76. The third kappa shape index (κ3) is 2.93. The van der Waals surface area contributed by atoms with Crippen LogP contribution in [-0.4, -0.2) is 50.2 Å². The van der Waals surface area contributed by atoms with Gasteiger partial charge in [-0.3, -0.25) is 9.89 Å². The molecule has 3 heterocycles. The summed E-state index contributed by atoms with van der Waals surface area (Å²) in [7, 11) is 0. The largest absolute Gasteiger partial charge is 0.472 e. The van der Waals surface area contributed by atoms with E-state index >= 15 is 0 Å². The van der Waals surface area contributed by atoms with Gasteiger partial charge in [0.25, 0.3) is 5.91 Å². The fraction of sp³-hybridized carbons (Fsp3) is 0.467. The molecule has 2 aromatic rings. The van der Waals surface area contributed by atoms with E-state index in [9.17, 15) is 4.79 Å². The van der Waals surface area contributed by atoms with Gasteiger partial charge in [-0.25, -0.2) is 9.97 Å². The average Bonchev–Trinajstić information content (AvgIpc) is 2.87. The van der Waals surface area contributed by atoms with E-state index in [1.807, 2.05) is 18.7 Å². The normalized spacial score (nSPS) is 18.3. The van der Waals surface area contributed by atoms with Gasteiger partial charge in [0.15, 0.2) is 0 Å². The van der Waals surface area contributed by atoms with Gasteiger partial charge < -0.3 is 9.64 Å². The number of nitrogens with zero attached hydrogens (tertiary/aromatic N) is 4. The highest BCUT2D eigenvalue weighted by molar-refractivity contribution is 5.96. The molecule has 3 rings (SSSR count). The number of rotatable bonds is 3. The monoisotopic (exact) mass is 301 g/mol. The molecule has 1 fully saturated rings. The van der Waals surface area contributed by atoms with Crippen LogP contribution < -0.4 is 4.74 Å². The number of H-pyrrole nitrogens is 1. The molecule has 0 radical (unpaired) electrons. The molecule has 22 heavy (non-hydrogen) atoms. The van der Waals surface area contributed by atoms with E-state index in [-0.39, 0.29) is 12.0 Å². The highest BCUT2D eigenvalue weighted by atomic mass is 16.5. The highest BCUT2D eigenvalue weighted by Crippen LogP contribution is 2.20. The third-order valence-electron chi connectivity index (χ3n) is 3.85. The predicted molar refractivity (Wildman–Crippen MR) is 79.6 cm³/mol. The number of piperidine rings is 1. The van der Waals surface area contributed by atoms with Crippen LogP contribution in [0.1, 0.15) is 34.6 Å². The number of carbonyl (C=O) groups excluding carboxylic acids is 1. The van der Waals surface area contributed by atoms with Crippen LogP contribution in [-0.2, 0) is 0 Å². The topological polar surface area (TPSA) is 84.0 Å². The maximum Gasteiger partial charge on any atom is 0.257 e. The molecule has 1 unspecified atom stereocenters. The van der Waals surface area contributed by atoms with Crippen LogP contribution in [0.3, 0.4) is 0 Å². The maximum atomic E-state index is 12.7. The average molecular weight is 301 g/mol. The van der Waals surface area contributed by atoms with E-state index in [4.69, 9.17) is 4.74 Å². The van der Waals surface area contributed by atoms with Gasteiger partial charge in [-0.2, -0.15) is 5.10 Å². The lowest BCUT2D eigenvalue weighted by molar-refractivity contribution is 0.0526. The number of carbonyl (C=O) groups is 1. The number of hydrogen-bond acceptors (Lipinski definition) is 5. The zero-order chi connectivity index (χ0) is 15.5. The van der Waals surface area contributed by atoms with Crippen LogP contribution in [0.5, 0.6) is 5.88 Å². The molecule has 1 saturated heterocycles. The minimum Gasteiger partial charge on any atom is -0.472 e. The van der Waals surface area contributed by atoms with Crippen LogP contribution >= 0.6 is 0 Å². The zero-order valence-electron chi connectivity index (χ0n) is 12.7. The lowest BCUT2D eigenvalue weighted by Crippen LogP contribution is -2.44. The smallest absolute Gasteiger partial charge is 0.257 e. The molecule has 0 aromatic carbocycles. The van der Waals surface area contributed by atoms with Gasteiger partial charge in [0, 0.05) is 24.5 Å². The van der Waals surface area contributed by atoms with Gasteiger partial charge in [0.2, 0.25) is 5.88 Å². The van der Waals surface area contributed by atoms with E-state index in [1.54, 1.807) is 12.3 Å². The second kappa shape index (κ2) is 6.13. The molecule has 1 N–H and O–H groups in total. The number of likely N-dealkylation sites (tertiary alicyclic amines) is 1. The molecule has 7 heteroatoms. The molecular formula is C15H19N5O2. The van der Waals surface area contributed by atoms with Gasteiger partial charge in [-0.1, -0.05) is 0 Å². The van der Waals surface area contributed by atoms with Crippen molar-refractivity contribution < 1.29 is 9.53 Å². The molecule has 7 nitrogen and oxygen atoms in total. The summed E-state index contributed by atoms with van der Waals surface area (Å²) >= 11 is 0. The highest BCUT2D eigenvalue weighted by Gasteiger charge is 2.28. The Morgan fingerprint density at radius 3 is 3.00 bits per heavy atom. The minimum atomic E-state index is -0.0416. The Labute approximate surface area is 128 Å². The van der Waals surface area contributed by atoms with Gasteiger partial charge in [0.1, 0.15) is 12.4 Å². The number of amides is 1. The molecular weight excluding hydrogens is 282 g/mol. The lowest BCUT2D eigenvalue weighted by Gasteiger charge is -2.32. The summed E-state index contributed by atoms with van der Waals surface area (Å²) in [5.74, 6) is 0.560. The fourth-order valence-corrected chi connectivity index (χ4v) is 2.76. The van der Waals surface area contributed by atoms with Crippen LogP contribution in [0.25, 0.3) is 0 Å². The number of aromatic amines is 1. The second-order valence-corrected chi connectivity index (χ2v) is 5.49. The summed E-state index contributed by atoms with van der Waals surface area (Å²) in [6.45, 7) is 5.01. The minimum absolute atomic E-state index is 0.0136. The van der Waals surface area contributed by atoms with E-state index in [0.29, 0.717) is 18.0 Å². The standard InChI is InChI=1S/C15H19N5O2/c1-10-14(11(2)19-18-10)15(21)20-7-3-4-12(8-20)22-13-5-6-16-9-17-13/h5-6,9,12H,3-4,7-8H2,1-2H3,(H,18,19). The van der Waals surface area contributed by atoms with Crippen molar-refractivity contribution in [3.8, 4) is 5.88 Å². The number of hydrogen-bond donors (Lipinski definition) is 1. The SMILES string of the molecule is Cc1n[nH]c(C)c1C(=O)N1CCCC(Oc2ccncn2)C1. The molecule has 1 aliphatic rings. The van der Waals surface area contributed by atoms with E-state index in [2.05, 4.69) is 20.2 Å². The van der Waals surface area contributed by atoms with E-state index in [1.165, 1.54) is 6.33 Å². The summed E-state index contributed by atoms with van der Waals surface area (Å²) in [5.41, 5.74) is 2.21. The molecule has 1 aliphatic heterocycles. The Morgan fingerprint density at radius 1 is 1.45 bits per heavy atom. The molecule has 0 bridgehead atoms. The van der Waals surface area contributed by atoms with Crippen molar-refractivity contribution >= 4 is 5.91 Å². The van der Waals surface area contributed by atoms with Crippen LogP contribution in [0.4, 0.5) is 0 Å². The first-order chi connectivity index (χ1) is 10.6. The summed E-state index contributed by atoms with van der Waals surface area (Å²) in [6, 6.07) is 1.73. The Morgan fingerprint density at radius 2 is 2.32 bits per heavy atom. The first kappa shape index (κ1) is 14.5. The van der Waals surface area contributed by atoms with E-state index < -0.39 is 0 Å². The maximum absolute atomic E-state index is 12.7. The molecule has 116 valence electrons. The van der Waals surface area contributed by atoms with Gasteiger partial charge in [0.05, 0.1) is 17.8 Å². The molecule has 0 saturated carbocycles. The summed E-state index contributed by atoms with van der Waals surface area (Å²) in [6.07, 6.45) is 4.89. The number of aromatic nitrogens is 4. The third-order valence-corrected chi connectivity index (χ3v) is 3.85. The Balaban J connectivity index is 1.69. The Kier molecular flexibility index (Phi) is 4.04.